The van der Waals surface area contributed by atoms with Crippen molar-refractivity contribution >= 4 is 17.5 Å². The molecular formula is C17H20ClN3O2. The van der Waals surface area contributed by atoms with Crippen LogP contribution in [0.3, 0.4) is 0 Å². The van der Waals surface area contributed by atoms with E-state index in [9.17, 15) is 4.79 Å². The number of carbonyl (C=O) groups excluding carboxylic acids is 1. The van der Waals surface area contributed by atoms with Crippen LogP contribution in [0.25, 0.3) is 0 Å². The van der Waals surface area contributed by atoms with Crippen molar-refractivity contribution in [2.75, 3.05) is 13.2 Å². The molecule has 0 unspecified atom stereocenters. The quantitative estimate of drug-likeness (QED) is 0.852. The number of nitrogens with two attached hydrogens (primary N) is 1. The van der Waals surface area contributed by atoms with E-state index < -0.39 is 0 Å². The first-order chi connectivity index (χ1) is 11.0. The average molecular weight is 334 g/mol. The van der Waals surface area contributed by atoms with E-state index in [4.69, 9.17) is 22.1 Å². The fourth-order valence-corrected chi connectivity index (χ4v) is 2.24. The van der Waals surface area contributed by atoms with Crippen molar-refractivity contribution < 1.29 is 9.53 Å². The summed E-state index contributed by atoms with van der Waals surface area (Å²) in [4.78, 5) is 16.8. The highest BCUT2D eigenvalue weighted by Crippen LogP contribution is 2.24. The van der Waals surface area contributed by atoms with Gasteiger partial charge in [-0.3, -0.25) is 9.78 Å². The number of carbonyl (C=O) groups is 1. The van der Waals surface area contributed by atoms with Gasteiger partial charge in [-0.2, -0.15) is 0 Å². The van der Waals surface area contributed by atoms with E-state index in [2.05, 4.69) is 10.3 Å². The summed E-state index contributed by atoms with van der Waals surface area (Å²) in [5, 5.41) is 3.40. The number of aromatic nitrogens is 1. The zero-order valence-corrected chi connectivity index (χ0v) is 13.9. The van der Waals surface area contributed by atoms with Gasteiger partial charge in [0.15, 0.2) is 0 Å². The molecule has 1 atom stereocenters. The lowest BCUT2D eigenvalue weighted by atomic mass is 10.1. The molecule has 1 aromatic heterocycles. The highest BCUT2D eigenvalue weighted by atomic mass is 35.5. The van der Waals surface area contributed by atoms with Gasteiger partial charge >= 0.3 is 0 Å². The fraction of sp³-hybridized carbons (Fsp3) is 0.294. The predicted molar refractivity (Wildman–Crippen MR) is 90.9 cm³/mol. The largest absolute Gasteiger partial charge is 0.491 e. The standard InChI is InChI=1S/C17H20ClN3O2/c1-11-3-4-13(10-20-11)12(2)21-17(22)15-9-14(18)5-6-16(15)23-8-7-19/h3-6,9-10,12H,7-8,19H2,1-2H3,(H,21,22)/t12-/m0/s1. The molecule has 0 fully saturated rings. The van der Waals surface area contributed by atoms with Crippen LogP contribution in [0.5, 0.6) is 5.75 Å². The minimum Gasteiger partial charge on any atom is -0.491 e. The van der Waals surface area contributed by atoms with Crippen LogP contribution in [-0.2, 0) is 0 Å². The number of amides is 1. The Morgan fingerprint density at radius 1 is 1.39 bits per heavy atom. The first-order valence-electron chi connectivity index (χ1n) is 7.37. The SMILES string of the molecule is Cc1ccc([C@H](C)NC(=O)c2cc(Cl)ccc2OCCN)cn1. The van der Waals surface area contributed by atoms with Gasteiger partial charge in [0, 0.05) is 23.5 Å². The molecule has 5 nitrogen and oxygen atoms in total. The molecule has 1 amide bonds. The van der Waals surface area contributed by atoms with E-state index in [0.29, 0.717) is 29.5 Å². The number of benzene rings is 1. The van der Waals surface area contributed by atoms with Gasteiger partial charge in [0.25, 0.3) is 5.91 Å². The summed E-state index contributed by atoms with van der Waals surface area (Å²) in [6, 6.07) is 8.60. The van der Waals surface area contributed by atoms with E-state index in [1.54, 1.807) is 24.4 Å². The predicted octanol–water partition coefficient (Wildman–Crippen LogP) is 2.87. The lowest BCUT2D eigenvalue weighted by Crippen LogP contribution is -2.27. The molecule has 0 aliphatic rings. The molecule has 2 aromatic rings. The number of aryl methyl sites for hydroxylation is 1. The number of halogens is 1. The van der Waals surface area contributed by atoms with E-state index in [-0.39, 0.29) is 11.9 Å². The number of rotatable bonds is 6. The molecule has 0 radical (unpaired) electrons. The minimum atomic E-state index is -0.257. The van der Waals surface area contributed by atoms with Crippen LogP contribution < -0.4 is 15.8 Å². The fourth-order valence-electron chi connectivity index (χ4n) is 2.07. The Labute approximate surface area is 140 Å². The zero-order valence-electron chi connectivity index (χ0n) is 13.2. The van der Waals surface area contributed by atoms with E-state index >= 15 is 0 Å². The maximum absolute atomic E-state index is 12.5. The van der Waals surface area contributed by atoms with E-state index in [0.717, 1.165) is 11.3 Å². The van der Waals surface area contributed by atoms with E-state index in [1.807, 2.05) is 26.0 Å². The van der Waals surface area contributed by atoms with Crippen LogP contribution in [0.2, 0.25) is 5.02 Å². The van der Waals surface area contributed by atoms with Gasteiger partial charge < -0.3 is 15.8 Å². The molecule has 0 aliphatic carbocycles. The topological polar surface area (TPSA) is 77.2 Å². The maximum atomic E-state index is 12.5. The second-order valence-corrected chi connectivity index (χ2v) is 5.64. The Bertz CT molecular complexity index is 674. The number of ether oxygens (including phenoxy) is 1. The average Bonchev–Trinajstić information content (AvgIpc) is 2.54. The summed E-state index contributed by atoms with van der Waals surface area (Å²) in [7, 11) is 0. The van der Waals surface area contributed by atoms with Crippen LogP contribution >= 0.6 is 11.6 Å². The minimum absolute atomic E-state index is 0.183. The summed E-state index contributed by atoms with van der Waals surface area (Å²) >= 11 is 6.00. The molecule has 3 N–H and O–H groups in total. The van der Waals surface area contributed by atoms with Crippen LogP contribution in [0, 0.1) is 6.92 Å². The molecule has 2 rings (SSSR count). The molecule has 0 bridgehead atoms. The number of pyridine rings is 1. The Morgan fingerprint density at radius 3 is 2.83 bits per heavy atom. The number of nitrogens with one attached hydrogen (secondary N) is 1. The third-order valence-electron chi connectivity index (χ3n) is 3.34. The Kier molecular flexibility index (Phi) is 5.96. The normalized spacial score (nSPS) is 11.8. The van der Waals surface area contributed by atoms with Gasteiger partial charge in [0.05, 0.1) is 11.6 Å². The van der Waals surface area contributed by atoms with Gasteiger partial charge in [-0.15, -0.1) is 0 Å². The summed E-state index contributed by atoms with van der Waals surface area (Å²) < 4.78 is 5.51. The summed E-state index contributed by atoms with van der Waals surface area (Å²) in [5.41, 5.74) is 7.69. The molecule has 23 heavy (non-hydrogen) atoms. The van der Waals surface area contributed by atoms with E-state index in [1.165, 1.54) is 0 Å². The van der Waals surface area contributed by atoms with Crippen molar-refractivity contribution in [2.24, 2.45) is 5.73 Å². The molecule has 0 aliphatic heterocycles. The van der Waals surface area contributed by atoms with Crippen LogP contribution in [0.15, 0.2) is 36.5 Å². The molecular weight excluding hydrogens is 314 g/mol. The number of hydrogen-bond acceptors (Lipinski definition) is 4. The lowest BCUT2D eigenvalue weighted by Gasteiger charge is -2.16. The highest BCUT2D eigenvalue weighted by Gasteiger charge is 2.16. The molecule has 1 aromatic carbocycles. The molecule has 0 spiro atoms. The Hall–Kier alpha value is -2.11. The van der Waals surface area contributed by atoms with Gasteiger partial charge in [-0.05, 0) is 43.7 Å². The second kappa shape index (κ2) is 7.94. The lowest BCUT2D eigenvalue weighted by molar-refractivity contribution is 0.0936. The highest BCUT2D eigenvalue weighted by molar-refractivity contribution is 6.31. The van der Waals surface area contributed by atoms with Crippen molar-refractivity contribution in [2.45, 2.75) is 19.9 Å². The van der Waals surface area contributed by atoms with Crippen molar-refractivity contribution in [1.82, 2.24) is 10.3 Å². The van der Waals surface area contributed by atoms with Crippen molar-refractivity contribution in [3.8, 4) is 5.75 Å². The first-order valence-corrected chi connectivity index (χ1v) is 7.75. The van der Waals surface area contributed by atoms with Gasteiger partial charge in [0.1, 0.15) is 12.4 Å². The van der Waals surface area contributed by atoms with Gasteiger partial charge in [-0.25, -0.2) is 0 Å². The molecule has 1 heterocycles. The smallest absolute Gasteiger partial charge is 0.255 e. The maximum Gasteiger partial charge on any atom is 0.255 e. The molecule has 6 heteroatoms. The molecule has 0 saturated carbocycles. The first kappa shape index (κ1) is 17.2. The third kappa shape index (κ3) is 4.68. The summed E-state index contributed by atoms with van der Waals surface area (Å²) in [5.74, 6) is 0.208. The van der Waals surface area contributed by atoms with Crippen LogP contribution in [0.4, 0.5) is 0 Å². The third-order valence-corrected chi connectivity index (χ3v) is 3.58. The Balaban J connectivity index is 2.16. The Morgan fingerprint density at radius 2 is 2.17 bits per heavy atom. The number of nitrogens with zero attached hydrogens (tertiary/aromatic N) is 1. The van der Waals surface area contributed by atoms with Crippen LogP contribution in [-0.4, -0.2) is 24.0 Å². The van der Waals surface area contributed by atoms with Gasteiger partial charge in [-0.1, -0.05) is 17.7 Å². The van der Waals surface area contributed by atoms with Gasteiger partial charge in [0.2, 0.25) is 0 Å². The van der Waals surface area contributed by atoms with Crippen LogP contribution in [0.1, 0.15) is 34.6 Å². The van der Waals surface area contributed by atoms with Crippen molar-refractivity contribution in [3.05, 3.63) is 58.4 Å². The monoisotopic (exact) mass is 333 g/mol. The zero-order chi connectivity index (χ0) is 16.8. The summed E-state index contributed by atoms with van der Waals surface area (Å²) in [6.07, 6.45) is 1.75. The van der Waals surface area contributed by atoms with Crippen molar-refractivity contribution in [1.29, 1.82) is 0 Å². The molecule has 0 saturated heterocycles. The molecule has 122 valence electrons. The number of hydrogen-bond donors (Lipinski definition) is 2. The summed E-state index contributed by atoms with van der Waals surface area (Å²) in [6.45, 7) is 4.52. The van der Waals surface area contributed by atoms with Crippen molar-refractivity contribution in [3.63, 3.8) is 0 Å². The second-order valence-electron chi connectivity index (χ2n) is 5.21.